The Hall–Kier alpha value is -1.68. The van der Waals surface area contributed by atoms with E-state index in [-0.39, 0.29) is 0 Å². The molecule has 3 rings (SSSR count). The van der Waals surface area contributed by atoms with Crippen molar-refractivity contribution in [3.8, 4) is 0 Å². The van der Waals surface area contributed by atoms with Gasteiger partial charge in [0.15, 0.2) is 0 Å². The maximum Gasteiger partial charge on any atom is 0.137 e. The van der Waals surface area contributed by atoms with Crippen LogP contribution in [-0.2, 0) is 0 Å². The molecule has 1 fully saturated rings. The van der Waals surface area contributed by atoms with Gasteiger partial charge in [0.05, 0.1) is 11.1 Å². The molecule has 1 aromatic heterocycles. The van der Waals surface area contributed by atoms with Gasteiger partial charge in [0, 0.05) is 11.4 Å². The summed E-state index contributed by atoms with van der Waals surface area (Å²) in [6.07, 6.45) is 4.97. The van der Waals surface area contributed by atoms with Crippen LogP contribution in [0.1, 0.15) is 31.2 Å². The van der Waals surface area contributed by atoms with Crippen molar-refractivity contribution in [3.63, 3.8) is 0 Å². The van der Waals surface area contributed by atoms with Gasteiger partial charge in [0.1, 0.15) is 10.8 Å². The fraction of sp³-hybridized carbons (Fsp3) is 0.333. The van der Waals surface area contributed by atoms with Gasteiger partial charge < -0.3 is 11.1 Å². The van der Waals surface area contributed by atoms with E-state index in [2.05, 4.69) is 10.3 Å². The van der Waals surface area contributed by atoms with Crippen LogP contribution in [0.2, 0.25) is 0 Å². The lowest BCUT2D eigenvalue weighted by Crippen LogP contribution is -2.20. The molecule has 0 bridgehead atoms. The second kappa shape index (κ2) is 5.13. The Morgan fingerprint density at radius 3 is 2.74 bits per heavy atom. The van der Waals surface area contributed by atoms with E-state index in [4.69, 9.17) is 18.0 Å². The third-order valence-corrected chi connectivity index (χ3v) is 3.91. The second-order valence-electron chi connectivity index (χ2n) is 5.07. The zero-order valence-corrected chi connectivity index (χ0v) is 11.5. The molecule has 1 aromatic carbocycles. The first-order valence-electron chi connectivity index (χ1n) is 6.70. The van der Waals surface area contributed by atoms with Gasteiger partial charge in [0.2, 0.25) is 0 Å². The highest BCUT2D eigenvalue weighted by Gasteiger charge is 2.17. The quantitative estimate of drug-likeness (QED) is 0.842. The molecule has 1 saturated carbocycles. The van der Waals surface area contributed by atoms with E-state index >= 15 is 0 Å². The van der Waals surface area contributed by atoms with Gasteiger partial charge in [-0.15, -0.1) is 0 Å². The summed E-state index contributed by atoms with van der Waals surface area (Å²) in [4.78, 5) is 5.08. The van der Waals surface area contributed by atoms with Crippen molar-refractivity contribution in [2.45, 2.75) is 31.7 Å². The molecule has 98 valence electrons. The van der Waals surface area contributed by atoms with E-state index in [1.54, 1.807) is 0 Å². The molecule has 3 N–H and O–H groups in total. The Kier molecular flexibility index (Phi) is 3.34. The van der Waals surface area contributed by atoms with Crippen molar-refractivity contribution >= 4 is 33.9 Å². The van der Waals surface area contributed by atoms with Crippen LogP contribution in [0.25, 0.3) is 10.9 Å². The van der Waals surface area contributed by atoms with Gasteiger partial charge in [-0.1, -0.05) is 43.3 Å². The first-order valence-corrected chi connectivity index (χ1v) is 7.11. The van der Waals surface area contributed by atoms with Crippen LogP contribution >= 0.6 is 12.2 Å². The number of para-hydroxylation sites is 1. The SMILES string of the molecule is NC(=S)c1cc2ccccc2nc1NC1CCCC1. The summed E-state index contributed by atoms with van der Waals surface area (Å²) in [5.41, 5.74) is 7.65. The molecule has 0 saturated heterocycles. The molecule has 4 heteroatoms. The molecule has 2 aromatic rings. The van der Waals surface area contributed by atoms with Gasteiger partial charge in [-0.3, -0.25) is 0 Å². The van der Waals surface area contributed by atoms with Crippen LogP contribution in [0.15, 0.2) is 30.3 Å². The van der Waals surface area contributed by atoms with Crippen molar-refractivity contribution in [2.75, 3.05) is 5.32 Å². The van der Waals surface area contributed by atoms with E-state index in [1.807, 2.05) is 30.3 Å². The average Bonchev–Trinajstić information content (AvgIpc) is 2.90. The number of pyridine rings is 1. The van der Waals surface area contributed by atoms with Gasteiger partial charge in [-0.2, -0.15) is 0 Å². The topological polar surface area (TPSA) is 50.9 Å². The molecule has 0 spiro atoms. The maximum absolute atomic E-state index is 5.83. The maximum atomic E-state index is 5.83. The lowest BCUT2D eigenvalue weighted by molar-refractivity contribution is 0.751. The highest BCUT2D eigenvalue weighted by Crippen LogP contribution is 2.25. The number of thiocarbonyl (C=S) groups is 1. The van der Waals surface area contributed by atoms with Crippen molar-refractivity contribution in [1.82, 2.24) is 4.98 Å². The minimum atomic E-state index is 0.402. The van der Waals surface area contributed by atoms with Gasteiger partial charge in [-0.05, 0) is 25.0 Å². The smallest absolute Gasteiger partial charge is 0.137 e. The van der Waals surface area contributed by atoms with E-state index in [9.17, 15) is 0 Å². The highest BCUT2D eigenvalue weighted by atomic mass is 32.1. The standard InChI is InChI=1S/C15H17N3S/c16-14(19)12-9-10-5-1-4-8-13(10)18-15(12)17-11-6-2-3-7-11/h1,4-5,8-9,11H,2-3,6-7H2,(H2,16,19)(H,17,18). The lowest BCUT2D eigenvalue weighted by Gasteiger charge is -2.16. The monoisotopic (exact) mass is 271 g/mol. The molecule has 0 unspecified atom stereocenters. The number of nitrogens with zero attached hydrogens (tertiary/aromatic N) is 1. The van der Waals surface area contributed by atoms with Crippen LogP contribution in [0.5, 0.6) is 0 Å². The van der Waals surface area contributed by atoms with Crippen LogP contribution in [-0.4, -0.2) is 16.0 Å². The lowest BCUT2D eigenvalue weighted by atomic mass is 10.1. The largest absolute Gasteiger partial charge is 0.389 e. The van der Waals surface area contributed by atoms with Crippen molar-refractivity contribution in [1.29, 1.82) is 0 Å². The Labute approximate surface area is 118 Å². The number of aromatic nitrogens is 1. The first kappa shape index (κ1) is 12.4. The van der Waals surface area contributed by atoms with Crippen LogP contribution in [0.3, 0.4) is 0 Å². The molecule has 1 heterocycles. The number of rotatable bonds is 3. The van der Waals surface area contributed by atoms with Gasteiger partial charge >= 0.3 is 0 Å². The van der Waals surface area contributed by atoms with Gasteiger partial charge in [-0.25, -0.2) is 4.98 Å². The number of fused-ring (bicyclic) bond motifs is 1. The molecule has 0 aliphatic heterocycles. The Bertz CT molecular complexity index is 618. The van der Waals surface area contributed by atoms with E-state index in [0.29, 0.717) is 11.0 Å². The van der Waals surface area contributed by atoms with Crippen LogP contribution in [0, 0.1) is 0 Å². The van der Waals surface area contributed by atoms with E-state index in [1.165, 1.54) is 25.7 Å². The number of anilines is 1. The number of benzene rings is 1. The van der Waals surface area contributed by atoms with Crippen molar-refractivity contribution < 1.29 is 0 Å². The van der Waals surface area contributed by atoms with Crippen LogP contribution < -0.4 is 11.1 Å². The predicted octanol–water partition coefficient (Wildman–Crippen LogP) is 3.22. The summed E-state index contributed by atoms with van der Waals surface area (Å²) < 4.78 is 0. The molecule has 0 radical (unpaired) electrons. The molecule has 1 aliphatic carbocycles. The summed E-state index contributed by atoms with van der Waals surface area (Å²) in [5, 5.41) is 4.58. The summed E-state index contributed by atoms with van der Waals surface area (Å²) in [7, 11) is 0. The molecular formula is C15H17N3S. The van der Waals surface area contributed by atoms with E-state index in [0.717, 1.165) is 22.3 Å². The Morgan fingerprint density at radius 1 is 1.26 bits per heavy atom. The normalized spacial score (nSPS) is 15.8. The number of nitrogens with one attached hydrogen (secondary N) is 1. The second-order valence-corrected chi connectivity index (χ2v) is 5.51. The fourth-order valence-electron chi connectivity index (χ4n) is 2.68. The Balaban J connectivity index is 2.04. The summed E-state index contributed by atoms with van der Waals surface area (Å²) in [5.74, 6) is 0.832. The number of nitrogens with two attached hydrogens (primary N) is 1. The third-order valence-electron chi connectivity index (χ3n) is 3.69. The summed E-state index contributed by atoms with van der Waals surface area (Å²) >= 11 is 5.15. The highest BCUT2D eigenvalue weighted by molar-refractivity contribution is 7.80. The van der Waals surface area contributed by atoms with E-state index < -0.39 is 0 Å². The summed E-state index contributed by atoms with van der Waals surface area (Å²) in [6.45, 7) is 0. The molecule has 0 amide bonds. The van der Waals surface area contributed by atoms with Gasteiger partial charge in [0.25, 0.3) is 0 Å². The van der Waals surface area contributed by atoms with Crippen molar-refractivity contribution in [2.24, 2.45) is 5.73 Å². The third kappa shape index (κ3) is 2.54. The number of hydrogen-bond acceptors (Lipinski definition) is 3. The predicted molar refractivity (Wildman–Crippen MR) is 83.5 cm³/mol. The summed E-state index contributed by atoms with van der Waals surface area (Å²) in [6, 6.07) is 10.6. The molecule has 0 atom stereocenters. The van der Waals surface area contributed by atoms with Crippen LogP contribution in [0.4, 0.5) is 5.82 Å². The Morgan fingerprint density at radius 2 is 2.00 bits per heavy atom. The average molecular weight is 271 g/mol. The molecule has 19 heavy (non-hydrogen) atoms. The zero-order valence-electron chi connectivity index (χ0n) is 10.7. The molecule has 3 nitrogen and oxygen atoms in total. The van der Waals surface area contributed by atoms with Crippen molar-refractivity contribution in [3.05, 3.63) is 35.9 Å². The minimum Gasteiger partial charge on any atom is -0.389 e. The zero-order chi connectivity index (χ0) is 13.2. The molecular weight excluding hydrogens is 254 g/mol. The minimum absolute atomic E-state index is 0.402. The first-order chi connectivity index (χ1) is 9.24. The molecule has 1 aliphatic rings. The number of hydrogen-bond donors (Lipinski definition) is 2. The fourth-order valence-corrected chi connectivity index (χ4v) is 2.83.